The van der Waals surface area contributed by atoms with Crippen LogP contribution in [0.15, 0.2) is 121 Å². The molecule has 0 saturated heterocycles. The lowest BCUT2D eigenvalue weighted by Crippen LogP contribution is -2.29. The molecule has 0 saturated carbocycles. The third-order valence-electron chi connectivity index (χ3n) is 9.22. The topological polar surface area (TPSA) is 44.8 Å². The van der Waals surface area contributed by atoms with Crippen LogP contribution in [0.25, 0.3) is 11.1 Å². The number of hydrogen-bond donors (Lipinski definition) is 0. The number of benzene rings is 5. The van der Waals surface area contributed by atoms with E-state index >= 15 is 0 Å². The molecular formula is C44H46O4. The highest BCUT2D eigenvalue weighted by atomic mass is 16.6. The molecule has 0 bridgehead atoms. The van der Waals surface area contributed by atoms with Crippen LogP contribution in [-0.2, 0) is 57.5 Å². The second kappa shape index (κ2) is 16.5. The van der Waals surface area contributed by atoms with Crippen LogP contribution in [0, 0.1) is 0 Å². The molecule has 246 valence electrons. The van der Waals surface area contributed by atoms with Crippen LogP contribution < -0.4 is 0 Å². The summed E-state index contributed by atoms with van der Waals surface area (Å²) < 4.78 is 17.6. The van der Waals surface area contributed by atoms with E-state index in [1.54, 1.807) is 0 Å². The summed E-state index contributed by atoms with van der Waals surface area (Å²) in [5, 5.41) is 0. The summed E-state index contributed by atoms with van der Waals surface area (Å²) in [6, 6.07) is 43.8. The molecule has 6 rings (SSSR count). The fourth-order valence-electron chi connectivity index (χ4n) is 6.65. The summed E-state index contributed by atoms with van der Waals surface area (Å²) in [7, 11) is 0. The molecular weight excluding hydrogens is 592 g/mol. The first-order valence-corrected chi connectivity index (χ1v) is 17.4. The molecule has 5 aromatic carbocycles. The Balaban J connectivity index is 1.15. The number of esters is 1. The van der Waals surface area contributed by atoms with E-state index in [9.17, 15) is 4.79 Å². The Morgan fingerprint density at radius 2 is 1.04 bits per heavy atom. The number of aryl methyl sites for hydroxylation is 4. The van der Waals surface area contributed by atoms with E-state index in [0.717, 1.165) is 37.7 Å². The average Bonchev–Trinajstić information content (AvgIpc) is 3.43. The van der Waals surface area contributed by atoms with Gasteiger partial charge in [0.15, 0.2) is 6.10 Å². The van der Waals surface area contributed by atoms with Crippen molar-refractivity contribution in [3.05, 3.63) is 166 Å². The third kappa shape index (κ3) is 8.49. The fraction of sp³-hybridized carbons (Fsp3) is 0.295. The van der Waals surface area contributed by atoms with Gasteiger partial charge < -0.3 is 14.2 Å². The van der Waals surface area contributed by atoms with Crippen molar-refractivity contribution >= 4 is 5.97 Å². The molecule has 0 aromatic heterocycles. The van der Waals surface area contributed by atoms with Crippen LogP contribution >= 0.6 is 0 Å². The Kier molecular flexibility index (Phi) is 11.5. The first-order chi connectivity index (χ1) is 23.6. The van der Waals surface area contributed by atoms with Gasteiger partial charge in [0.25, 0.3) is 0 Å². The molecule has 0 radical (unpaired) electrons. The fourth-order valence-corrected chi connectivity index (χ4v) is 6.65. The van der Waals surface area contributed by atoms with E-state index in [1.807, 2.05) is 13.8 Å². The van der Waals surface area contributed by atoms with E-state index < -0.39 is 6.10 Å². The quantitative estimate of drug-likeness (QED) is 0.101. The minimum absolute atomic E-state index is 0.0860. The molecule has 5 aromatic rings. The number of carbonyl (C=O) groups excluding carboxylic acids is 1. The zero-order valence-electron chi connectivity index (χ0n) is 28.2. The highest BCUT2D eigenvalue weighted by Gasteiger charge is 2.30. The number of hydrogen-bond acceptors (Lipinski definition) is 4. The van der Waals surface area contributed by atoms with Crippen LogP contribution in [0.5, 0.6) is 0 Å². The summed E-state index contributed by atoms with van der Waals surface area (Å²) in [5.41, 5.74) is 12.8. The van der Waals surface area contributed by atoms with Crippen molar-refractivity contribution in [1.82, 2.24) is 0 Å². The van der Waals surface area contributed by atoms with Crippen LogP contribution in [0.2, 0.25) is 0 Å². The summed E-state index contributed by atoms with van der Waals surface area (Å²) in [6.45, 7) is 5.14. The monoisotopic (exact) mass is 638 g/mol. The molecule has 4 heteroatoms. The first-order valence-electron chi connectivity index (χ1n) is 17.4. The number of rotatable bonds is 16. The molecule has 0 fully saturated rings. The zero-order chi connectivity index (χ0) is 33.1. The van der Waals surface area contributed by atoms with Crippen LogP contribution in [0.4, 0.5) is 0 Å². The van der Waals surface area contributed by atoms with Gasteiger partial charge in [-0.05, 0) is 102 Å². The Morgan fingerprint density at radius 3 is 1.56 bits per heavy atom. The lowest BCUT2D eigenvalue weighted by Gasteiger charge is -2.17. The van der Waals surface area contributed by atoms with Gasteiger partial charge in [-0.15, -0.1) is 0 Å². The van der Waals surface area contributed by atoms with Crippen molar-refractivity contribution < 1.29 is 19.0 Å². The molecule has 0 spiro atoms. The molecule has 1 unspecified atom stereocenters. The Hall–Kier alpha value is -4.51. The Labute approximate surface area is 285 Å². The van der Waals surface area contributed by atoms with E-state index in [1.165, 1.54) is 50.1 Å². The van der Waals surface area contributed by atoms with Crippen molar-refractivity contribution in [3.8, 4) is 11.1 Å². The summed E-state index contributed by atoms with van der Waals surface area (Å²) in [4.78, 5) is 12.3. The molecule has 0 aliphatic heterocycles. The lowest BCUT2D eigenvalue weighted by atomic mass is 9.96. The standard InChI is InChI=1S/C44H46O4/c1-3-46-42(44(45)47-4-2)31-37-21-17-34(18-22-37)27-28-48-43-38-25-23-35(19-15-32-11-7-5-8-12-32)29-40(38)41-30-36(24-26-39(41)43)20-16-33-13-9-6-10-14-33/h5-14,17-18,21-26,29-30,42-43H,3-4,15-16,19-20,27-28,31H2,1-2H3. The minimum atomic E-state index is -0.579. The van der Waals surface area contributed by atoms with Gasteiger partial charge in [-0.3, -0.25) is 0 Å². The molecule has 1 atom stereocenters. The van der Waals surface area contributed by atoms with E-state index in [4.69, 9.17) is 14.2 Å². The predicted molar refractivity (Wildman–Crippen MR) is 193 cm³/mol. The molecule has 0 heterocycles. The SMILES string of the molecule is CCOC(=O)C(Cc1ccc(CCOC2c3ccc(CCc4ccccc4)cc3-c3cc(CCc4ccccc4)ccc32)cc1)OCC. The Morgan fingerprint density at radius 1 is 0.562 bits per heavy atom. The summed E-state index contributed by atoms with van der Waals surface area (Å²) in [6.07, 6.45) is 4.70. The minimum Gasteiger partial charge on any atom is -0.464 e. The van der Waals surface area contributed by atoms with Gasteiger partial charge in [-0.1, -0.05) is 121 Å². The van der Waals surface area contributed by atoms with Gasteiger partial charge in [0.1, 0.15) is 6.10 Å². The number of carbonyl (C=O) groups is 1. The molecule has 0 N–H and O–H groups in total. The largest absolute Gasteiger partial charge is 0.464 e. The van der Waals surface area contributed by atoms with Crippen LogP contribution in [-0.4, -0.2) is 31.9 Å². The van der Waals surface area contributed by atoms with Gasteiger partial charge in [0, 0.05) is 13.0 Å². The zero-order valence-corrected chi connectivity index (χ0v) is 28.2. The van der Waals surface area contributed by atoms with E-state index in [0.29, 0.717) is 26.2 Å². The first kappa shape index (κ1) is 33.4. The van der Waals surface area contributed by atoms with Crippen molar-refractivity contribution in [2.75, 3.05) is 19.8 Å². The molecule has 1 aliphatic carbocycles. The average molecular weight is 639 g/mol. The second-order valence-corrected chi connectivity index (χ2v) is 12.5. The molecule has 0 amide bonds. The molecule has 1 aliphatic rings. The third-order valence-corrected chi connectivity index (χ3v) is 9.22. The van der Waals surface area contributed by atoms with Crippen molar-refractivity contribution in [3.63, 3.8) is 0 Å². The second-order valence-electron chi connectivity index (χ2n) is 12.5. The summed E-state index contributed by atoms with van der Waals surface area (Å²) >= 11 is 0. The van der Waals surface area contributed by atoms with Gasteiger partial charge in [-0.25, -0.2) is 4.79 Å². The van der Waals surface area contributed by atoms with E-state index in [-0.39, 0.29) is 12.1 Å². The maximum atomic E-state index is 12.3. The maximum absolute atomic E-state index is 12.3. The maximum Gasteiger partial charge on any atom is 0.335 e. The van der Waals surface area contributed by atoms with Gasteiger partial charge in [0.05, 0.1) is 13.2 Å². The van der Waals surface area contributed by atoms with Crippen LogP contribution in [0.3, 0.4) is 0 Å². The molecule has 48 heavy (non-hydrogen) atoms. The molecule has 4 nitrogen and oxygen atoms in total. The smallest absolute Gasteiger partial charge is 0.335 e. The van der Waals surface area contributed by atoms with Crippen molar-refractivity contribution in [2.24, 2.45) is 0 Å². The highest BCUT2D eigenvalue weighted by molar-refractivity contribution is 5.79. The normalized spacial score (nSPS) is 12.8. The Bertz CT molecular complexity index is 1670. The summed E-state index contributed by atoms with van der Waals surface area (Å²) in [5.74, 6) is -0.305. The predicted octanol–water partition coefficient (Wildman–Crippen LogP) is 9.10. The van der Waals surface area contributed by atoms with E-state index in [2.05, 4.69) is 121 Å². The van der Waals surface area contributed by atoms with Crippen molar-refractivity contribution in [2.45, 2.75) is 64.6 Å². The van der Waals surface area contributed by atoms with Gasteiger partial charge in [0.2, 0.25) is 0 Å². The highest BCUT2D eigenvalue weighted by Crippen LogP contribution is 2.46. The number of fused-ring (bicyclic) bond motifs is 3. The van der Waals surface area contributed by atoms with Crippen LogP contribution in [0.1, 0.15) is 64.5 Å². The van der Waals surface area contributed by atoms with Crippen molar-refractivity contribution in [1.29, 1.82) is 0 Å². The number of ether oxygens (including phenoxy) is 3. The van der Waals surface area contributed by atoms with Gasteiger partial charge in [-0.2, -0.15) is 0 Å². The van der Waals surface area contributed by atoms with Gasteiger partial charge >= 0.3 is 5.97 Å². The lowest BCUT2D eigenvalue weighted by molar-refractivity contribution is -0.156.